The van der Waals surface area contributed by atoms with Crippen LogP contribution in [0.2, 0.25) is 0 Å². The second-order valence-electron chi connectivity index (χ2n) is 5.73. The van der Waals surface area contributed by atoms with Gasteiger partial charge in [-0.05, 0) is 35.4 Å². The van der Waals surface area contributed by atoms with E-state index in [-0.39, 0.29) is 18.8 Å². The standard InChI is InChI=1S/C19H20N4O6/c1-28-10-9-20-18(24)19(25)22-21-12-15-3-2-4-17(11-15)29-13-14-5-7-16(8-6-14)23(26)27/h2-8,11-12H,9-10,13H2,1H3,(H,20,24)(H,22,25)/b21-12-. The quantitative estimate of drug-likeness (QED) is 0.215. The van der Waals surface area contributed by atoms with Gasteiger partial charge in [-0.1, -0.05) is 12.1 Å². The molecule has 2 N–H and O–H groups in total. The number of nitrogens with one attached hydrogen (secondary N) is 2. The van der Waals surface area contributed by atoms with Crippen molar-refractivity contribution in [1.29, 1.82) is 0 Å². The molecule has 2 rings (SSSR count). The van der Waals surface area contributed by atoms with E-state index in [0.29, 0.717) is 17.9 Å². The molecule has 10 nitrogen and oxygen atoms in total. The maximum absolute atomic E-state index is 11.6. The molecule has 0 radical (unpaired) electrons. The third kappa shape index (κ3) is 7.39. The molecule has 2 aromatic rings. The minimum absolute atomic E-state index is 0.0152. The summed E-state index contributed by atoms with van der Waals surface area (Å²) in [5, 5.41) is 16.8. The molecule has 0 unspecified atom stereocenters. The lowest BCUT2D eigenvalue weighted by molar-refractivity contribution is -0.384. The van der Waals surface area contributed by atoms with E-state index in [1.54, 1.807) is 36.4 Å². The van der Waals surface area contributed by atoms with Gasteiger partial charge in [-0.3, -0.25) is 19.7 Å². The monoisotopic (exact) mass is 400 g/mol. The van der Waals surface area contributed by atoms with E-state index in [1.807, 2.05) is 0 Å². The largest absolute Gasteiger partial charge is 0.489 e. The van der Waals surface area contributed by atoms with Crippen LogP contribution in [0.3, 0.4) is 0 Å². The topological polar surface area (TPSA) is 132 Å². The number of non-ortho nitro benzene ring substituents is 1. The summed E-state index contributed by atoms with van der Waals surface area (Å²) in [6, 6.07) is 13.0. The van der Waals surface area contributed by atoms with Gasteiger partial charge in [0.1, 0.15) is 12.4 Å². The Balaban J connectivity index is 1.85. The van der Waals surface area contributed by atoms with E-state index in [1.165, 1.54) is 25.5 Å². The summed E-state index contributed by atoms with van der Waals surface area (Å²) in [7, 11) is 1.49. The Morgan fingerprint density at radius 2 is 1.93 bits per heavy atom. The average molecular weight is 400 g/mol. The Kier molecular flexibility index (Phi) is 8.27. The normalized spacial score (nSPS) is 10.5. The number of nitro benzene ring substituents is 1. The molecule has 0 heterocycles. The number of rotatable bonds is 9. The van der Waals surface area contributed by atoms with Crippen molar-refractivity contribution in [3.05, 3.63) is 69.8 Å². The van der Waals surface area contributed by atoms with Gasteiger partial charge in [0.15, 0.2) is 0 Å². The van der Waals surface area contributed by atoms with Gasteiger partial charge in [-0.15, -0.1) is 0 Å². The summed E-state index contributed by atoms with van der Waals surface area (Å²) in [4.78, 5) is 33.3. The maximum atomic E-state index is 11.6. The van der Waals surface area contributed by atoms with Crippen molar-refractivity contribution in [2.24, 2.45) is 5.10 Å². The van der Waals surface area contributed by atoms with Gasteiger partial charge in [-0.2, -0.15) is 5.10 Å². The highest BCUT2D eigenvalue weighted by atomic mass is 16.6. The molecule has 29 heavy (non-hydrogen) atoms. The zero-order valence-corrected chi connectivity index (χ0v) is 15.7. The summed E-state index contributed by atoms with van der Waals surface area (Å²) in [6.07, 6.45) is 1.37. The van der Waals surface area contributed by atoms with Crippen LogP contribution in [0.25, 0.3) is 0 Å². The molecule has 0 fully saturated rings. The van der Waals surface area contributed by atoms with Crippen LogP contribution in [0.15, 0.2) is 53.6 Å². The first-order chi connectivity index (χ1) is 14.0. The van der Waals surface area contributed by atoms with Gasteiger partial charge >= 0.3 is 11.8 Å². The average Bonchev–Trinajstić information content (AvgIpc) is 2.73. The van der Waals surface area contributed by atoms with Crippen LogP contribution in [-0.4, -0.2) is 43.2 Å². The Labute approximate surface area is 166 Å². The highest BCUT2D eigenvalue weighted by Gasteiger charge is 2.11. The summed E-state index contributed by atoms with van der Waals surface area (Å²) >= 11 is 0. The minimum atomic E-state index is -0.886. The zero-order chi connectivity index (χ0) is 21.1. The number of ether oxygens (including phenoxy) is 2. The molecule has 0 aliphatic carbocycles. The predicted octanol–water partition coefficient (Wildman–Crippen LogP) is 1.39. The van der Waals surface area contributed by atoms with Crippen molar-refractivity contribution >= 4 is 23.7 Å². The van der Waals surface area contributed by atoms with Crippen molar-refractivity contribution in [1.82, 2.24) is 10.7 Å². The smallest absolute Gasteiger partial charge is 0.329 e. The van der Waals surface area contributed by atoms with Crippen molar-refractivity contribution in [3.8, 4) is 5.75 Å². The first-order valence-corrected chi connectivity index (χ1v) is 8.56. The fourth-order valence-corrected chi connectivity index (χ4v) is 2.13. The molecule has 0 atom stereocenters. The number of hydrogen-bond acceptors (Lipinski definition) is 7. The number of nitro groups is 1. The number of hydrogen-bond donors (Lipinski definition) is 2. The van der Waals surface area contributed by atoms with Crippen LogP contribution in [0, 0.1) is 10.1 Å². The van der Waals surface area contributed by atoms with Crippen LogP contribution in [0.5, 0.6) is 5.75 Å². The van der Waals surface area contributed by atoms with Gasteiger partial charge in [-0.25, -0.2) is 5.43 Å². The van der Waals surface area contributed by atoms with Crippen molar-refractivity contribution in [3.63, 3.8) is 0 Å². The molecule has 0 aliphatic rings. The third-order valence-corrected chi connectivity index (χ3v) is 3.59. The van der Waals surface area contributed by atoms with Crippen LogP contribution < -0.4 is 15.5 Å². The second kappa shape index (κ2) is 11.1. The van der Waals surface area contributed by atoms with Crippen LogP contribution in [0.4, 0.5) is 5.69 Å². The maximum Gasteiger partial charge on any atom is 0.329 e. The van der Waals surface area contributed by atoms with Crippen LogP contribution in [0.1, 0.15) is 11.1 Å². The van der Waals surface area contributed by atoms with Gasteiger partial charge in [0.25, 0.3) is 5.69 Å². The summed E-state index contributed by atoms with van der Waals surface area (Å²) in [5.74, 6) is -1.14. The number of carbonyl (C=O) groups excluding carboxylic acids is 2. The summed E-state index contributed by atoms with van der Waals surface area (Å²) < 4.78 is 10.4. The number of benzene rings is 2. The van der Waals surface area contributed by atoms with Crippen molar-refractivity contribution in [2.75, 3.05) is 20.3 Å². The lowest BCUT2D eigenvalue weighted by atomic mass is 10.2. The van der Waals surface area contributed by atoms with Crippen LogP contribution in [-0.2, 0) is 20.9 Å². The zero-order valence-electron chi connectivity index (χ0n) is 15.7. The van der Waals surface area contributed by atoms with Crippen molar-refractivity contribution < 1.29 is 24.0 Å². The van der Waals surface area contributed by atoms with E-state index in [4.69, 9.17) is 9.47 Å². The first-order valence-electron chi connectivity index (χ1n) is 8.56. The van der Waals surface area contributed by atoms with Crippen molar-refractivity contribution in [2.45, 2.75) is 6.61 Å². The van der Waals surface area contributed by atoms with E-state index < -0.39 is 16.7 Å². The third-order valence-electron chi connectivity index (χ3n) is 3.59. The highest BCUT2D eigenvalue weighted by Crippen LogP contribution is 2.16. The van der Waals surface area contributed by atoms with E-state index in [9.17, 15) is 19.7 Å². The number of hydrazone groups is 1. The molecular formula is C19H20N4O6. The summed E-state index contributed by atoms with van der Waals surface area (Å²) in [6.45, 7) is 0.756. The minimum Gasteiger partial charge on any atom is -0.489 e. The SMILES string of the molecule is COCCNC(=O)C(=O)N/N=C\c1cccc(OCc2ccc([N+](=O)[O-])cc2)c1. The number of nitrogens with zero attached hydrogens (tertiary/aromatic N) is 2. The lowest BCUT2D eigenvalue weighted by Crippen LogP contribution is -2.39. The highest BCUT2D eigenvalue weighted by molar-refractivity contribution is 6.35. The van der Waals surface area contributed by atoms with Gasteiger partial charge < -0.3 is 14.8 Å². The Morgan fingerprint density at radius 3 is 2.62 bits per heavy atom. The number of amides is 2. The molecule has 0 aliphatic heterocycles. The molecule has 0 saturated heterocycles. The van der Waals surface area contributed by atoms with Crippen LogP contribution >= 0.6 is 0 Å². The molecule has 152 valence electrons. The molecule has 2 amide bonds. The molecular weight excluding hydrogens is 380 g/mol. The van der Waals surface area contributed by atoms with E-state index in [0.717, 1.165) is 5.56 Å². The first kappa shape index (κ1) is 21.5. The predicted molar refractivity (Wildman–Crippen MR) is 104 cm³/mol. The molecule has 0 bridgehead atoms. The number of carbonyl (C=O) groups is 2. The Morgan fingerprint density at radius 1 is 1.17 bits per heavy atom. The van der Waals surface area contributed by atoms with E-state index >= 15 is 0 Å². The Bertz CT molecular complexity index is 883. The van der Waals surface area contributed by atoms with Gasteiger partial charge in [0.05, 0.1) is 17.7 Å². The fourth-order valence-electron chi connectivity index (χ4n) is 2.13. The molecule has 0 spiro atoms. The molecule has 2 aromatic carbocycles. The van der Waals surface area contributed by atoms with Gasteiger partial charge in [0, 0.05) is 25.8 Å². The second-order valence-corrected chi connectivity index (χ2v) is 5.73. The van der Waals surface area contributed by atoms with Gasteiger partial charge in [0.2, 0.25) is 0 Å². The molecule has 10 heteroatoms. The Hall–Kier alpha value is -3.79. The van der Waals surface area contributed by atoms with E-state index in [2.05, 4.69) is 15.8 Å². The molecule has 0 saturated carbocycles. The fraction of sp³-hybridized carbons (Fsp3) is 0.211. The lowest BCUT2D eigenvalue weighted by Gasteiger charge is -2.07. The molecule has 0 aromatic heterocycles. The summed E-state index contributed by atoms with van der Waals surface area (Å²) in [5.41, 5.74) is 3.57. The number of methoxy groups -OCH3 is 1.